The highest BCUT2D eigenvalue weighted by molar-refractivity contribution is 5.95. The van der Waals surface area contributed by atoms with Crippen molar-refractivity contribution in [3.05, 3.63) is 53.6 Å². The van der Waals surface area contributed by atoms with Gasteiger partial charge in [-0.25, -0.2) is 0 Å². The summed E-state index contributed by atoms with van der Waals surface area (Å²) in [7, 11) is 0. The van der Waals surface area contributed by atoms with Crippen LogP contribution in [0.3, 0.4) is 0 Å². The van der Waals surface area contributed by atoms with Gasteiger partial charge >= 0.3 is 0 Å². The maximum absolute atomic E-state index is 12.7. The smallest absolute Gasteiger partial charge is 0.260 e. The predicted molar refractivity (Wildman–Crippen MR) is 113 cm³/mol. The van der Waals surface area contributed by atoms with Crippen LogP contribution < -0.4 is 4.74 Å². The van der Waals surface area contributed by atoms with Crippen molar-refractivity contribution in [2.24, 2.45) is 0 Å². The molecule has 0 saturated carbocycles. The van der Waals surface area contributed by atoms with Gasteiger partial charge in [-0.05, 0) is 42.7 Å². The normalized spacial score (nSPS) is 14.3. The number of nitrogens with zero attached hydrogens (tertiary/aromatic N) is 2. The van der Waals surface area contributed by atoms with Crippen molar-refractivity contribution < 1.29 is 24.5 Å². The number of aryl methyl sites for hydroxylation is 1. The zero-order chi connectivity index (χ0) is 21.5. The molecule has 2 N–H and O–H groups in total. The van der Waals surface area contributed by atoms with Crippen molar-refractivity contribution in [3.8, 4) is 17.2 Å². The number of amides is 2. The number of aromatic hydroxyl groups is 2. The van der Waals surface area contributed by atoms with E-state index in [4.69, 9.17) is 4.74 Å². The minimum absolute atomic E-state index is 0.0402. The molecule has 1 heterocycles. The van der Waals surface area contributed by atoms with Crippen LogP contribution in [0, 0.1) is 0 Å². The molecule has 0 aliphatic carbocycles. The third kappa shape index (κ3) is 5.65. The number of carbonyl (C=O) groups is 2. The Kier molecular flexibility index (Phi) is 7.17. The molecule has 0 bridgehead atoms. The summed E-state index contributed by atoms with van der Waals surface area (Å²) >= 11 is 0. The van der Waals surface area contributed by atoms with Crippen LogP contribution in [0.2, 0.25) is 0 Å². The second kappa shape index (κ2) is 10.0. The van der Waals surface area contributed by atoms with Gasteiger partial charge in [0.1, 0.15) is 17.2 Å². The van der Waals surface area contributed by atoms with Crippen LogP contribution in [-0.2, 0) is 11.2 Å². The molecule has 0 radical (unpaired) electrons. The molecule has 1 saturated heterocycles. The SMILES string of the molecule is CCCc1ccc(OCC(=O)N2CCCN(C(=O)c3cc(O)cc(O)c3)CC2)cc1. The molecule has 0 aromatic heterocycles. The standard InChI is InChI=1S/C23H28N2O5/c1-2-4-17-5-7-21(8-6-17)30-16-22(28)24-9-3-10-25(12-11-24)23(29)18-13-19(26)15-20(27)14-18/h5-8,13-15,26-27H,2-4,9-12,16H2,1H3. The first-order valence-electron chi connectivity index (χ1n) is 10.3. The van der Waals surface area contributed by atoms with Gasteiger partial charge in [0.15, 0.2) is 6.61 Å². The number of phenolic OH excluding ortho intramolecular Hbond substituents is 2. The van der Waals surface area contributed by atoms with E-state index in [-0.39, 0.29) is 35.5 Å². The number of benzene rings is 2. The zero-order valence-electron chi connectivity index (χ0n) is 17.2. The van der Waals surface area contributed by atoms with E-state index in [1.54, 1.807) is 9.80 Å². The predicted octanol–water partition coefficient (Wildman–Crippen LogP) is 2.80. The van der Waals surface area contributed by atoms with Crippen LogP contribution in [0.4, 0.5) is 0 Å². The Morgan fingerprint density at radius 3 is 2.23 bits per heavy atom. The van der Waals surface area contributed by atoms with Crippen molar-refractivity contribution in [2.45, 2.75) is 26.2 Å². The average Bonchev–Trinajstić information content (AvgIpc) is 2.98. The molecule has 30 heavy (non-hydrogen) atoms. The van der Waals surface area contributed by atoms with Gasteiger partial charge in [0, 0.05) is 37.8 Å². The fourth-order valence-electron chi connectivity index (χ4n) is 3.55. The molecule has 2 aromatic carbocycles. The quantitative estimate of drug-likeness (QED) is 0.762. The lowest BCUT2D eigenvalue weighted by atomic mass is 10.1. The molecular formula is C23H28N2O5. The molecule has 1 fully saturated rings. The molecule has 0 atom stereocenters. The molecule has 0 spiro atoms. The molecule has 1 aliphatic rings. The van der Waals surface area contributed by atoms with E-state index in [0.717, 1.165) is 12.8 Å². The van der Waals surface area contributed by atoms with Gasteiger partial charge in [0.05, 0.1) is 0 Å². The van der Waals surface area contributed by atoms with Gasteiger partial charge < -0.3 is 24.7 Å². The largest absolute Gasteiger partial charge is 0.508 e. The van der Waals surface area contributed by atoms with Crippen LogP contribution in [0.5, 0.6) is 17.2 Å². The second-order valence-electron chi connectivity index (χ2n) is 7.45. The number of rotatable bonds is 6. The Hall–Kier alpha value is -3.22. The lowest BCUT2D eigenvalue weighted by molar-refractivity contribution is -0.133. The highest BCUT2D eigenvalue weighted by Gasteiger charge is 2.23. The highest BCUT2D eigenvalue weighted by atomic mass is 16.5. The number of hydrogen-bond donors (Lipinski definition) is 2. The van der Waals surface area contributed by atoms with E-state index in [9.17, 15) is 19.8 Å². The molecule has 160 valence electrons. The van der Waals surface area contributed by atoms with E-state index < -0.39 is 0 Å². The van der Waals surface area contributed by atoms with Gasteiger partial charge in [-0.1, -0.05) is 25.5 Å². The zero-order valence-corrected chi connectivity index (χ0v) is 17.2. The topological polar surface area (TPSA) is 90.3 Å². The van der Waals surface area contributed by atoms with Gasteiger partial charge in [-0.15, -0.1) is 0 Å². The maximum atomic E-state index is 12.7. The Balaban J connectivity index is 1.52. The summed E-state index contributed by atoms with van der Waals surface area (Å²) in [4.78, 5) is 28.6. The summed E-state index contributed by atoms with van der Waals surface area (Å²) < 4.78 is 5.64. The van der Waals surface area contributed by atoms with E-state index in [0.29, 0.717) is 38.3 Å². The van der Waals surface area contributed by atoms with Crippen LogP contribution >= 0.6 is 0 Å². The lowest BCUT2D eigenvalue weighted by Crippen LogP contribution is -2.39. The van der Waals surface area contributed by atoms with Gasteiger partial charge in [-0.3, -0.25) is 9.59 Å². The first-order chi connectivity index (χ1) is 14.5. The first-order valence-corrected chi connectivity index (χ1v) is 10.3. The minimum atomic E-state index is -0.279. The van der Waals surface area contributed by atoms with Crippen molar-refractivity contribution in [2.75, 3.05) is 32.8 Å². The Labute approximate surface area is 176 Å². The molecule has 2 amide bonds. The van der Waals surface area contributed by atoms with Crippen LogP contribution in [0.1, 0.15) is 35.7 Å². The number of hydrogen-bond acceptors (Lipinski definition) is 5. The molecule has 2 aromatic rings. The summed E-state index contributed by atoms with van der Waals surface area (Å²) in [5.74, 6) is -0.0518. The molecule has 3 rings (SSSR count). The highest BCUT2D eigenvalue weighted by Crippen LogP contribution is 2.22. The van der Waals surface area contributed by atoms with Crippen LogP contribution in [-0.4, -0.2) is 64.6 Å². The fourth-order valence-corrected chi connectivity index (χ4v) is 3.55. The number of carbonyl (C=O) groups excluding carboxylic acids is 2. The summed E-state index contributed by atoms with van der Waals surface area (Å²) in [5.41, 5.74) is 1.47. The van der Waals surface area contributed by atoms with E-state index >= 15 is 0 Å². The van der Waals surface area contributed by atoms with Crippen LogP contribution in [0.15, 0.2) is 42.5 Å². The maximum Gasteiger partial charge on any atom is 0.260 e. The number of ether oxygens (including phenoxy) is 1. The molecule has 1 aliphatic heterocycles. The molecule has 0 unspecified atom stereocenters. The van der Waals surface area contributed by atoms with E-state index in [2.05, 4.69) is 6.92 Å². The van der Waals surface area contributed by atoms with Crippen molar-refractivity contribution >= 4 is 11.8 Å². The fraction of sp³-hybridized carbons (Fsp3) is 0.391. The third-order valence-electron chi connectivity index (χ3n) is 5.11. The van der Waals surface area contributed by atoms with Crippen molar-refractivity contribution in [1.82, 2.24) is 9.80 Å². The number of phenols is 2. The van der Waals surface area contributed by atoms with Crippen molar-refractivity contribution in [1.29, 1.82) is 0 Å². The second-order valence-corrected chi connectivity index (χ2v) is 7.45. The van der Waals surface area contributed by atoms with Gasteiger partial charge in [0.2, 0.25) is 0 Å². The summed E-state index contributed by atoms with van der Waals surface area (Å²) in [6.45, 7) is 3.93. The minimum Gasteiger partial charge on any atom is -0.508 e. The first kappa shape index (κ1) is 21.5. The van der Waals surface area contributed by atoms with Gasteiger partial charge in [0.25, 0.3) is 11.8 Å². The van der Waals surface area contributed by atoms with E-state index in [1.807, 2.05) is 24.3 Å². The summed E-state index contributed by atoms with van der Waals surface area (Å²) in [5, 5.41) is 19.2. The lowest BCUT2D eigenvalue weighted by Gasteiger charge is -2.22. The molecule has 7 nitrogen and oxygen atoms in total. The molecule has 7 heteroatoms. The summed E-state index contributed by atoms with van der Waals surface area (Å²) in [6.07, 6.45) is 2.75. The molecular weight excluding hydrogens is 384 g/mol. The Morgan fingerprint density at radius 2 is 1.57 bits per heavy atom. The summed E-state index contributed by atoms with van der Waals surface area (Å²) in [6, 6.07) is 11.6. The third-order valence-corrected chi connectivity index (χ3v) is 5.11. The van der Waals surface area contributed by atoms with Crippen LogP contribution in [0.25, 0.3) is 0 Å². The Bertz CT molecular complexity index is 861. The van der Waals surface area contributed by atoms with Crippen molar-refractivity contribution in [3.63, 3.8) is 0 Å². The average molecular weight is 412 g/mol. The Morgan fingerprint density at radius 1 is 0.933 bits per heavy atom. The monoisotopic (exact) mass is 412 g/mol. The van der Waals surface area contributed by atoms with E-state index in [1.165, 1.54) is 23.8 Å². The van der Waals surface area contributed by atoms with Gasteiger partial charge in [-0.2, -0.15) is 0 Å².